The Bertz CT molecular complexity index is 956. The molecule has 160 valence electrons. The van der Waals surface area contributed by atoms with Gasteiger partial charge in [0.05, 0.1) is 24.7 Å². The lowest BCUT2D eigenvalue weighted by atomic mass is 9.86. The van der Waals surface area contributed by atoms with Crippen LogP contribution >= 0.6 is 0 Å². The lowest BCUT2D eigenvalue weighted by Gasteiger charge is -2.32. The molecular formula is C21H27F2N7. The quantitative estimate of drug-likeness (QED) is 0.458. The third kappa shape index (κ3) is 5.04. The molecule has 0 saturated carbocycles. The second kappa shape index (κ2) is 9.08. The van der Waals surface area contributed by atoms with E-state index in [1.54, 1.807) is 30.5 Å². The van der Waals surface area contributed by atoms with Gasteiger partial charge in [-0.2, -0.15) is 0 Å². The van der Waals surface area contributed by atoms with Gasteiger partial charge < -0.3 is 28.3 Å². The van der Waals surface area contributed by atoms with Crippen LogP contribution in [-0.2, 0) is 13.0 Å². The number of nitrogens with one attached hydrogen (secondary N) is 1. The molecule has 0 bridgehead atoms. The van der Waals surface area contributed by atoms with Crippen LogP contribution in [0.1, 0.15) is 29.0 Å². The van der Waals surface area contributed by atoms with E-state index in [1.165, 1.54) is 6.20 Å². The normalized spacial score (nSPS) is 19.3. The number of hydrogen-bond donors (Lipinski definition) is 5. The van der Waals surface area contributed by atoms with E-state index in [0.29, 0.717) is 48.3 Å². The van der Waals surface area contributed by atoms with Gasteiger partial charge in [0.25, 0.3) is 5.92 Å². The van der Waals surface area contributed by atoms with E-state index in [4.69, 9.17) is 22.9 Å². The number of piperidine rings is 1. The molecule has 7 nitrogen and oxygen atoms in total. The Morgan fingerprint density at radius 1 is 1.27 bits per heavy atom. The monoisotopic (exact) mass is 415 g/mol. The highest BCUT2D eigenvalue weighted by Gasteiger charge is 2.42. The van der Waals surface area contributed by atoms with E-state index < -0.39 is 11.8 Å². The number of aromatic nitrogens is 1. The molecule has 0 radical (unpaired) electrons. The molecule has 1 aliphatic rings. The number of halogens is 2. The molecule has 0 spiro atoms. The van der Waals surface area contributed by atoms with Crippen LogP contribution in [0.25, 0.3) is 0 Å². The fourth-order valence-corrected chi connectivity index (χ4v) is 3.59. The molecule has 3 rings (SSSR count). The van der Waals surface area contributed by atoms with Crippen molar-refractivity contribution in [3.8, 4) is 0 Å². The van der Waals surface area contributed by atoms with Crippen LogP contribution in [0.3, 0.4) is 0 Å². The lowest BCUT2D eigenvalue weighted by molar-refractivity contribution is -0.0420. The van der Waals surface area contributed by atoms with E-state index in [9.17, 15) is 8.78 Å². The second-order valence-electron chi connectivity index (χ2n) is 7.42. The zero-order chi connectivity index (χ0) is 21.7. The van der Waals surface area contributed by atoms with E-state index >= 15 is 0 Å². The Hall–Kier alpha value is -3.20. The summed E-state index contributed by atoms with van der Waals surface area (Å²) in [4.78, 5) is 8.33. The van der Waals surface area contributed by atoms with Crippen molar-refractivity contribution >= 4 is 23.5 Å². The molecule has 1 fully saturated rings. The lowest BCUT2D eigenvalue weighted by Crippen LogP contribution is -2.44. The number of rotatable bonds is 6. The van der Waals surface area contributed by atoms with Crippen molar-refractivity contribution in [3.63, 3.8) is 0 Å². The first-order chi connectivity index (χ1) is 14.3. The Labute approximate surface area is 174 Å². The highest BCUT2D eigenvalue weighted by Crippen LogP contribution is 2.38. The van der Waals surface area contributed by atoms with Crippen LogP contribution in [0.15, 0.2) is 47.1 Å². The van der Waals surface area contributed by atoms with Crippen LogP contribution in [-0.4, -0.2) is 30.2 Å². The van der Waals surface area contributed by atoms with Crippen molar-refractivity contribution in [3.05, 3.63) is 58.8 Å². The summed E-state index contributed by atoms with van der Waals surface area (Å²) in [6, 6.07) is 8.86. The van der Waals surface area contributed by atoms with Crippen molar-refractivity contribution in [2.45, 2.75) is 31.2 Å². The molecule has 9 heteroatoms. The summed E-state index contributed by atoms with van der Waals surface area (Å²) in [6.45, 7) is 0.635. The van der Waals surface area contributed by atoms with E-state index in [2.05, 4.69) is 15.3 Å². The maximum absolute atomic E-state index is 14.2. The van der Waals surface area contributed by atoms with E-state index in [0.717, 1.165) is 5.56 Å². The molecule has 0 amide bonds. The standard InChI is InChI=1S/C21H27F2N7/c22-21(23)12-28-5-4-17(21)15-3-1-2-13(6-15)10-29-11-14(9-24)7-16-8-18(25)30-20(27)19(16)26/h1-3,6,8-9,11,17,28H,4-5,7,10,12,24,26H2,(H4,25,27,30). The van der Waals surface area contributed by atoms with Gasteiger partial charge in [-0.3, -0.25) is 4.99 Å². The molecule has 9 N–H and O–H groups in total. The van der Waals surface area contributed by atoms with Crippen LogP contribution in [0.5, 0.6) is 0 Å². The smallest absolute Gasteiger partial charge is 0.267 e. The molecule has 2 aromatic rings. The van der Waals surface area contributed by atoms with E-state index in [-0.39, 0.29) is 18.2 Å². The molecule has 1 saturated heterocycles. The van der Waals surface area contributed by atoms with Gasteiger partial charge in [0.15, 0.2) is 0 Å². The van der Waals surface area contributed by atoms with Gasteiger partial charge in [-0.05, 0) is 47.5 Å². The second-order valence-corrected chi connectivity index (χ2v) is 7.42. The molecule has 1 aliphatic heterocycles. The van der Waals surface area contributed by atoms with E-state index in [1.807, 2.05) is 6.07 Å². The van der Waals surface area contributed by atoms with Gasteiger partial charge in [-0.15, -0.1) is 0 Å². The number of nitrogens with two attached hydrogens (primary N) is 4. The van der Waals surface area contributed by atoms with Gasteiger partial charge in [-0.25, -0.2) is 13.8 Å². The minimum Gasteiger partial charge on any atom is -0.404 e. The molecule has 30 heavy (non-hydrogen) atoms. The summed E-state index contributed by atoms with van der Waals surface area (Å²) < 4.78 is 28.5. The predicted molar refractivity (Wildman–Crippen MR) is 117 cm³/mol. The number of nitrogens with zero attached hydrogens (tertiary/aromatic N) is 2. The summed E-state index contributed by atoms with van der Waals surface area (Å²) in [7, 11) is 0. The minimum absolute atomic E-state index is 0.171. The maximum atomic E-state index is 14.2. The number of pyridine rings is 1. The molecular weight excluding hydrogens is 388 g/mol. The zero-order valence-corrected chi connectivity index (χ0v) is 16.6. The first-order valence-electron chi connectivity index (χ1n) is 9.68. The fourth-order valence-electron chi connectivity index (χ4n) is 3.59. The zero-order valence-electron chi connectivity index (χ0n) is 16.6. The molecule has 1 aromatic carbocycles. The number of alkyl halides is 2. The number of aliphatic imine (C=N–C) groups is 1. The van der Waals surface area contributed by atoms with Crippen molar-refractivity contribution in [2.75, 3.05) is 30.3 Å². The van der Waals surface area contributed by atoms with Crippen molar-refractivity contribution < 1.29 is 8.78 Å². The van der Waals surface area contributed by atoms with Crippen molar-refractivity contribution in [1.29, 1.82) is 0 Å². The number of nitrogen functional groups attached to an aromatic ring is 3. The largest absolute Gasteiger partial charge is 0.404 e. The van der Waals surface area contributed by atoms with Gasteiger partial charge in [0, 0.05) is 12.6 Å². The first kappa shape index (κ1) is 21.5. The van der Waals surface area contributed by atoms with Crippen molar-refractivity contribution in [1.82, 2.24) is 10.3 Å². The SMILES string of the molecule is NC=C(C=NCc1cccc(C2CCNCC2(F)F)c1)Cc1cc(N)nc(N)c1N. The predicted octanol–water partition coefficient (Wildman–Crippen LogP) is 2.20. The third-order valence-electron chi connectivity index (χ3n) is 5.17. The summed E-state index contributed by atoms with van der Waals surface area (Å²) in [6.07, 6.45) is 3.86. The van der Waals surface area contributed by atoms with Crippen LogP contribution in [0.2, 0.25) is 0 Å². The highest BCUT2D eigenvalue weighted by molar-refractivity contribution is 5.80. The third-order valence-corrected chi connectivity index (χ3v) is 5.17. The topological polar surface area (TPSA) is 141 Å². The Morgan fingerprint density at radius 2 is 2.07 bits per heavy atom. The van der Waals surface area contributed by atoms with Crippen LogP contribution in [0, 0.1) is 0 Å². The van der Waals surface area contributed by atoms with Crippen LogP contribution in [0.4, 0.5) is 26.1 Å². The van der Waals surface area contributed by atoms with Gasteiger partial charge in [-0.1, -0.05) is 24.3 Å². The number of benzene rings is 1. The molecule has 1 aromatic heterocycles. The first-order valence-corrected chi connectivity index (χ1v) is 9.68. The average molecular weight is 415 g/mol. The molecule has 1 atom stereocenters. The Kier molecular flexibility index (Phi) is 6.51. The minimum atomic E-state index is -2.76. The summed E-state index contributed by atoms with van der Waals surface area (Å²) in [5.41, 5.74) is 26.4. The maximum Gasteiger partial charge on any atom is 0.267 e. The number of anilines is 3. The molecule has 2 heterocycles. The summed E-state index contributed by atoms with van der Waals surface area (Å²) in [5, 5.41) is 2.75. The van der Waals surface area contributed by atoms with Gasteiger partial charge in [0.2, 0.25) is 0 Å². The summed E-state index contributed by atoms with van der Waals surface area (Å²) >= 11 is 0. The van der Waals surface area contributed by atoms with Crippen LogP contribution < -0.4 is 28.3 Å². The number of hydrogen-bond acceptors (Lipinski definition) is 7. The highest BCUT2D eigenvalue weighted by atomic mass is 19.3. The number of allylic oxidation sites excluding steroid dienone is 1. The fraction of sp³-hybridized carbons (Fsp3) is 0.333. The average Bonchev–Trinajstić information content (AvgIpc) is 2.70. The van der Waals surface area contributed by atoms with Gasteiger partial charge >= 0.3 is 0 Å². The Balaban J connectivity index is 1.69. The van der Waals surface area contributed by atoms with Crippen molar-refractivity contribution in [2.24, 2.45) is 10.7 Å². The van der Waals surface area contributed by atoms with Gasteiger partial charge in [0.1, 0.15) is 11.6 Å². The summed E-state index contributed by atoms with van der Waals surface area (Å²) in [5.74, 6) is -3.10. The molecule has 0 aliphatic carbocycles. The molecule has 1 unspecified atom stereocenters. The Morgan fingerprint density at radius 3 is 2.80 bits per heavy atom.